The van der Waals surface area contributed by atoms with Crippen LogP contribution in [0, 0.1) is 36.3 Å². The Morgan fingerprint density at radius 2 is 1.14 bits per heavy atom. The van der Waals surface area contributed by atoms with E-state index in [-0.39, 0.29) is 0 Å². The summed E-state index contributed by atoms with van der Waals surface area (Å²) in [4.78, 5) is 32.3. The minimum atomic E-state index is -1.46. The molecule has 0 aliphatic carbocycles. The lowest BCUT2D eigenvalue weighted by atomic mass is 9.74. The van der Waals surface area contributed by atoms with Crippen LogP contribution in [0.15, 0.2) is 60.7 Å². The molecule has 2 aliphatic heterocycles. The van der Waals surface area contributed by atoms with Crippen LogP contribution in [0.4, 0.5) is 28.4 Å². The summed E-state index contributed by atoms with van der Waals surface area (Å²) in [6, 6.07) is 18.6. The largest absolute Gasteiger partial charge is 0.863 e. The molecule has 2 heterocycles. The molecule has 12 heteroatoms. The summed E-state index contributed by atoms with van der Waals surface area (Å²) < 4.78 is 0. The normalized spacial score (nSPS) is 17.6. The summed E-state index contributed by atoms with van der Waals surface area (Å²) in [6.45, 7) is 2.28. The maximum atomic E-state index is 11.1. The molecule has 0 amide bonds. The topological polar surface area (TPSA) is 159 Å². The Morgan fingerprint density at radius 1 is 0.722 bits per heavy atom. The van der Waals surface area contributed by atoms with Crippen molar-refractivity contribution in [2.75, 3.05) is 37.0 Å². The number of non-ortho nitro benzene ring substituents is 1. The molecule has 12 nitrogen and oxygen atoms in total. The van der Waals surface area contributed by atoms with Crippen molar-refractivity contribution in [1.82, 2.24) is 0 Å². The van der Waals surface area contributed by atoms with Crippen molar-refractivity contribution >= 4 is 28.4 Å². The van der Waals surface area contributed by atoms with Gasteiger partial charge in [0.25, 0.3) is 17.1 Å². The number of hydrogen-bond acceptors (Lipinski definition) is 9. The van der Waals surface area contributed by atoms with Crippen LogP contribution in [0.5, 0.6) is 5.75 Å². The number of rotatable bonds is 3. The van der Waals surface area contributed by atoms with E-state index >= 15 is 0 Å². The predicted molar refractivity (Wildman–Crippen MR) is 131 cm³/mol. The first-order valence-electron chi connectivity index (χ1n) is 11.0. The maximum absolute atomic E-state index is 11.1. The molecule has 0 spiro atoms. The lowest BCUT2D eigenvalue weighted by Gasteiger charge is -2.46. The molecule has 2 aliphatic rings. The summed E-state index contributed by atoms with van der Waals surface area (Å²) in [6.07, 6.45) is 0. The van der Waals surface area contributed by atoms with Gasteiger partial charge >= 0.3 is 0 Å². The number of benzene rings is 3. The summed E-state index contributed by atoms with van der Waals surface area (Å²) in [5.74, 6) is -0.231. The van der Waals surface area contributed by atoms with E-state index in [9.17, 15) is 35.4 Å². The number of nitro benzene ring substituents is 3. The van der Waals surface area contributed by atoms with Gasteiger partial charge in [-0.2, -0.15) is 0 Å². The molecule has 3 aromatic rings. The molecule has 0 saturated carbocycles. The Labute approximate surface area is 205 Å². The standard InChI is InChI=1S/C18H20N2.C6H3N3O7/c1-19-11-13-12-20(2)17-10-6-4-8-15(17)18(13)14-7-3-5-9-16(14)19;10-6-4(8(13)14)1-3(7(11)12)2-5(6)9(15)16/h3-10,13,18H,11-12H2,1-2H3;1-2,10H/p-1. The monoisotopic (exact) mass is 492 g/mol. The number of nitrogens with zero attached hydrogens (tertiary/aromatic N) is 5. The van der Waals surface area contributed by atoms with Gasteiger partial charge in [-0.05, 0) is 23.3 Å². The van der Waals surface area contributed by atoms with Crippen LogP contribution < -0.4 is 14.9 Å². The zero-order valence-corrected chi connectivity index (χ0v) is 19.4. The van der Waals surface area contributed by atoms with E-state index in [1.54, 1.807) is 0 Å². The Balaban J connectivity index is 0.000000175. The molecular formula is C24H22N5O7-. The van der Waals surface area contributed by atoms with Gasteiger partial charge in [0.1, 0.15) is 0 Å². The second-order valence-electron chi connectivity index (χ2n) is 8.70. The minimum Gasteiger partial charge on any atom is -0.863 e. The fraction of sp³-hybridized carbons (Fsp3) is 0.250. The number of hydrogen-bond donors (Lipinski definition) is 0. The van der Waals surface area contributed by atoms with Gasteiger partial charge in [0, 0.05) is 50.4 Å². The second-order valence-corrected chi connectivity index (χ2v) is 8.70. The van der Waals surface area contributed by atoms with Gasteiger partial charge in [-0.15, -0.1) is 0 Å². The van der Waals surface area contributed by atoms with Crippen LogP contribution in [0.25, 0.3) is 0 Å². The first-order valence-corrected chi connectivity index (χ1v) is 11.0. The van der Waals surface area contributed by atoms with Crippen LogP contribution in [0.3, 0.4) is 0 Å². The molecule has 0 saturated heterocycles. The molecule has 36 heavy (non-hydrogen) atoms. The molecule has 186 valence electrons. The van der Waals surface area contributed by atoms with Crippen molar-refractivity contribution in [2.45, 2.75) is 5.92 Å². The van der Waals surface area contributed by atoms with Gasteiger partial charge in [0.05, 0.1) is 32.7 Å². The zero-order valence-electron chi connectivity index (χ0n) is 19.4. The summed E-state index contributed by atoms with van der Waals surface area (Å²) in [5.41, 5.74) is 2.51. The van der Waals surface area contributed by atoms with Crippen LogP contribution in [-0.2, 0) is 0 Å². The highest BCUT2D eigenvalue weighted by molar-refractivity contribution is 5.67. The van der Waals surface area contributed by atoms with Crippen LogP contribution in [0.2, 0.25) is 0 Å². The average molecular weight is 492 g/mol. The van der Waals surface area contributed by atoms with Gasteiger partial charge < -0.3 is 14.9 Å². The van der Waals surface area contributed by atoms with Crippen molar-refractivity contribution < 1.29 is 19.9 Å². The van der Waals surface area contributed by atoms with Crippen LogP contribution in [-0.4, -0.2) is 42.0 Å². The van der Waals surface area contributed by atoms with E-state index in [0.29, 0.717) is 24.0 Å². The lowest BCUT2D eigenvalue weighted by Crippen LogP contribution is -2.44. The van der Waals surface area contributed by atoms with Gasteiger partial charge in [0.15, 0.2) is 0 Å². The van der Waals surface area contributed by atoms with Crippen LogP contribution in [0.1, 0.15) is 17.0 Å². The Hall–Kier alpha value is -4.74. The molecule has 0 bridgehead atoms. The highest BCUT2D eigenvalue weighted by atomic mass is 16.6. The number of fused-ring (bicyclic) bond motifs is 5. The van der Waals surface area contributed by atoms with E-state index in [4.69, 9.17) is 0 Å². The Morgan fingerprint density at radius 3 is 1.53 bits per heavy atom. The fourth-order valence-corrected chi connectivity index (χ4v) is 5.00. The summed E-state index contributed by atoms with van der Waals surface area (Å²) >= 11 is 0. The van der Waals surface area contributed by atoms with Crippen molar-refractivity contribution in [1.29, 1.82) is 0 Å². The highest BCUT2D eigenvalue weighted by Gasteiger charge is 2.38. The maximum Gasteiger partial charge on any atom is 0.283 e. The molecule has 0 atom stereocenters. The predicted octanol–water partition coefficient (Wildman–Crippen LogP) is 3.82. The first kappa shape index (κ1) is 24.4. The third kappa shape index (κ3) is 4.35. The van der Waals surface area contributed by atoms with E-state index in [0.717, 1.165) is 13.1 Å². The van der Waals surface area contributed by atoms with E-state index in [1.165, 1.54) is 22.5 Å². The molecule has 0 N–H and O–H groups in total. The minimum absolute atomic E-state index is 0.384. The fourth-order valence-electron chi connectivity index (χ4n) is 5.00. The second kappa shape index (κ2) is 9.49. The van der Waals surface area contributed by atoms with Crippen molar-refractivity contribution in [2.24, 2.45) is 5.92 Å². The van der Waals surface area contributed by atoms with E-state index < -0.39 is 37.6 Å². The van der Waals surface area contributed by atoms with Gasteiger partial charge in [0.2, 0.25) is 0 Å². The number of anilines is 2. The summed E-state index contributed by atoms with van der Waals surface area (Å²) in [5, 5.41) is 42.1. The smallest absolute Gasteiger partial charge is 0.283 e. The molecule has 3 aromatic carbocycles. The highest BCUT2D eigenvalue weighted by Crippen LogP contribution is 2.47. The number of para-hydroxylation sites is 2. The first-order chi connectivity index (χ1) is 17.1. The van der Waals surface area contributed by atoms with E-state index in [2.05, 4.69) is 72.4 Å². The molecule has 5 rings (SSSR count). The summed E-state index contributed by atoms with van der Waals surface area (Å²) in [7, 11) is 4.44. The third-order valence-electron chi connectivity index (χ3n) is 6.49. The lowest BCUT2D eigenvalue weighted by molar-refractivity contribution is -0.420. The van der Waals surface area contributed by atoms with Crippen molar-refractivity contribution in [3.8, 4) is 5.75 Å². The van der Waals surface area contributed by atoms with Crippen molar-refractivity contribution in [3.05, 3.63) is 102 Å². The van der Waals surface area contributed by atoms with E-state index in [1.807, 2.05) is 0 Å². The van der Waals surface area contributed by atoms with Gasteiger partial charge in [-0.1, -0.05) is 36.4 Å². The third-order valence-corrected chi connectivity index (χ3v) is 6.49. The molecule has 0 unspecified atom stereocenters. The average Bonchev–Trinajstić information content (AvgIpc) is 2.84. The van der Waals surface area contributed by atoms with Crippen LogP contribution >= 0.6 is 0 Å². The zero-order chi connectivity index (χ0) is 26.1. The van der Waals surface area contributed by atoms with Gasteiger partial charge in [-0.25, -0.2) is 0 Å². The number of nitro groups is 3. The quantitative estimate of drug-likeness (QED) is 0.391. The molecule has 0 fully saturated rings. The SMILES string of the molecule is CN1CC2CN(C)c3ccccc3C2c2ccccc21.O=[N+]([O-])c1cc([N+](=O)[O-])c([O-])c([N+](=O)[O-])c1. The Bertz CT molecular complexity index is 1270. The van der Waals surface area contributed by atoms with Crippen molar-refractivity contribution in [3.63, 3.8) is 0 Å². The molecular weight excluding hydrogens is 470 g/mol. The molecule has 0 radical (unpaired) electrons. The van der Waals surface area contributed by atoms with Gasteiger partial charge in [-0.3, -0.25) is 30.3 Å². The molecule has 0 aromatic heterocycles. The Kier molecular flexibility index (Phi) is 6.43.